The Balaban J connectivity index is 1.60. The molecule has 1 aliphatic rings. The predicted molar refractivity (Wildman–Crippen MR) is 127 cm³/mol. The van der Waals surface area contributed by atoms with Crippen molar-refractivity contribution in [2.75, 3.05) is 5.32 Å². The standard InChI is InChI=1S/C25H31F2N5O2/c1-3-21(16-10-12-18(13-11-16)34-25(26)27)31-24(33)20-14-28-23-19(15-29-32(23)4-2)22(20)30-17-8-6-5-7-9-17/h10-15,17,21,25H,3-9H2,1-2H3,(H,28,30)(H,31,33). The lowest BCUT2D eigenvalue weighted by Crippen LogP contribution is -2.30. The zero-order valence-corrected chi connectivity index (χ0v) is 19.6. The molecule has 0 aliphatic heterocycles. The Kier molecular flexibility index (Phi) is 7.59. The van der Waals surface area contributed by atoms with Crippen LogP contribution in [0.5, 0.6) is 5.75 Å². The van der Waals surface area contributed by atoms with E-state index in [9.17, 15) is 13.6 Å². The third-order valence-corrected chi connectivity index (χ3v) is 6.39. The highest BCUT2D eigenvalue weighted by Gasteiger charge is 2.23. The summed E-state index contributed by atoms with van der Waals surface area (Å²) in [6.45, 7) is 1.78. The molecule has 0 bridgehead atoms. The molecular weight excluding hydrogens is 440 g/mol. The van der Waals surface area contributed by atoms with E-state index in [4.69, 9.17) is 0 Å². The first kappa shape index (κ1) is 23.9. The lowest BCUT2D eigenvalue weighted by Gasteiger charge is -2.26. The molecular formula is C25H31F2N5O2. The fraction of sp³-hybridized carbons (Fsp3) is 0.480. The van der Waals surface area contributed by atoms with E-state index in [0.29, 0.717) is 24.6 Å². The van der Waals surface area contributed by atoms with Gasteiger partial charge >= 0.3 is 6.61 Å². The minimum atomic E-state index is -2.87. The first-order chi connectivity index (χ1) is 16.5. The number of anilines is 1. The molecule has 4 rings (SSSR count). The molecule has 3 aromatic rings. The van der Waals surface area contributed by atoms with Gasteiger partial charge in [-0.05, 0) is 43.9 Å². The normalized spacial score (nSPS) is 15.4. The molecule has 1 fully saturated rings. The predicted octanol–water partition coefficient (Wildman–Crippen LogP) is 5.68. The van der Waals surface area contributed by atoms with Crippen molar-refractivity contribution in [3.8, 4) is 5.75 Å². The Labute approximate surface area is 197 Å². The van der Waals surface area contributed by atoms with Crippen LogP contribution < -0.4 is 15.4 Å². The van der Waals surface area contributed by atoms with Crippen LogP contribution in [0.25, 0.3) is 11.0 Å². The molecule has 1 amide bonds. The Bertz CT molecular complexity index is 1110. The summed E-state index contributed by atoms with van der Waals surface area (Å²) in [6, 6.07) is 6.38. The SMILES string of the molecule is CCC(NC(=O)c1cnc2c(cnn2CC)c1NC1CCCCC1)c1ccc(OC(F)F)cc1. The highest BCUT2D eigenvalue weighted by molar-refractivity contribution is 6.06. The average Bonchev–Trinajstić information content (AvgIpc) is 3.27. The first-order valence-corrected chi connectivity index (χ1v) is 12.0. The van der Waals surface area contributed by atoms with Crippen molar-refractivity contribution < 1.29 is 18.3 Å². The van der Waals surface area contributed by atoms with Crippen molar-refractivity contribution in [3.05, 3.63) is 47.8 Å². The van der Waals surface area contributed by atoms with Crippen LogP contribution >= 0.6 is 0 Å². The molecule has 0 saturated heterocycles. The van der Waals surface area contributed by atoms with Crippen molar-refractivity contribution in [3.63, 3.8) is 0 Å². The second kappa shape index (κ2) is 10.8. The van der Waals surface area contributed by atoms with E-state index in [1.54, 1.807) is 24.5 Å². The van der Waals surface area contributed by atoms with E-state index in [1.807, 2.05) is 18.5 Å². The number of alkyl halides is 2. The fourth-order valence-electron chi connectivity index (χ4n) is 4.58. The number of aromatic nitrogens is 3. The monoisotopic (exact) mass is 471 g/mol. The summed E-state index contributed by atoms with van der Waals surface area (Å²) in [6.07, 6.45) is 9.74. The molecule has 2 N–H and O–H groups in total. The van der Waals surface area contributed by atoms with Gasteiger partial charge in [-0.15, -0.1) is 0 Å². The summed E-state index contributed by atoms with van der Waals surface area (Å²) >= 11 is 0. The molecule has 2 heterocycles. The molecule has 7 nitrogen and oxygen atoms in total. The van der Waals surface area contributed by atoms with Crippen molar-refractivity contribution in [2.24, 2.45) is 0 Å². The molecule has 0 spiro atoms. The number of pyridine rings is 1. The molecule has 1 aliphatic carbocycles. The van der Waals surface area contributed by atoms with Gasteiger partial charge in [0.1, 0.15) is 5.75 Å². The van der Waals surface area contributed by atoms with E-state index in [2.05, 4.69) is 25.5 Å². The maximum absolute atomic E-state index is 13.4. The largest absolute Gasteiger partial charge is 0.435 e. The third kappa shape index (κ3) is 5.29. The second-order valence-corrected chi connectivity index (χ2v) is 8.61. The second-order valence-electron chi connectivity index (χ2n) is 8.61. The van der Waals surface area contributed by atoms with Crippen LogP contribution in [0.15, 0.2) is 36.7 Å². The van der Waals surface area contributed by atoms with Crippen LogP contribution in [-0.2, 0) is 6.54 Å². The van der Waals surface area contributed by atoms with Crippen molar-refractivity contribution >= 4 is 22.6 Å². The summed E-state index contributed by atoms with van der Waals surface area (Å²) < 4.78 is 31.1. The summed E-state index contributed by atoms with van der Waals surface area (Å²) in [7, 11) is 0. The van der Waals surface area contributed by atoms with Crippen LogP contribution in [0.4, 0.5) is 14.5 Å². The number of hydrogen-bond acceptors (Lipinski definition) is 5. The number of benzene rings is 1. The zero-order valence-electron chi connectivity index (χ0n) is 19.6. The molecule has 182 valence electrons. The van der Waals surface area contributed by atoms with Gasteiger partial charge in [-0.1, -0.05) is 38.3 Å². The number of nitrogens with one attached hydrogen (secondary N) is 2. The van der Waals surface area contributed by atoms with Gasteiger partial charge in [0, 0.05) is 18.8 Å². The Morgan fingerprint density at radius 1 is 1.15 bits per heavy atom. The third-order valence-electron chi connectivity index (χ3n) is 6.39. The first-order valence-electron chi connectivity index (χ1n) is 12.0. The van der Waals surface area contributed by atoms with E-state index >= 15 is 0 Å². The van der Waals surface area contributed by atoms with Gasteiger partial charge in [0.25, 0.3) is 5.91 Å². The summed E-state index contributed by atoms with van der Waals surface area (Å²) in [5.74, 6) is -0.154. The van der Waals surface area contributed by atoms with Crippen LogP contribution in [0.2, 0.25) is 0 Å². The molecule has 34 heavy (non-hydrogen) atoms. The van der Waals surface area contributed by atoms with E-state index in [-0.39, 0.29) is 17.7 Å². The number of nitrogens with zero attached hydrogens (tertiary/aromatic N) is 3. The van der Waals surface area contributed by atoms with Gasteiger partial charge in [0.2, 0.25) is 0 Å². The van der Waals surface area contributed by atoms with Crippen LogP contribution in [-0.4, -0.2) is 33.3 Å². The van der Waals surface area contributed by atoms with Crippen molar-refractivity contribution in [2.45, 2.75) is 77.6 Å². The van der Waals surface area contributed by atoms with Gasteiger partial charge < -0.3 is 15.4 Å². The Morgan fingerprint density at radius 3 is 2.53 bits per heavy atom. The maximum Gasteiger partial charge on any atom is 0.387 e. The van der Waals surface area contributed by atoms with Gasteiger partial charge in [-0.25, -0.2) is 9.67 Å². The van der Waals surface area contributed by atoms with Crippen LogP contribution in [0, 0.1) is 0 Å². The fourth-order valence-corrected chi connectivity index (χ4v) is 4.58. The Morgan fingerprint density at radius 2 is 1.88 bits per heavy atom. The average molecular weight is 472 g/mol. The molecule has 1 atom stereocenters. The number of carbonyl (C=O) groups is 1. The number of halogens is 2. The quantitative estimate of drug-likeness (QED) is 0.420. The van der Waals surface area contributed by atoms with E-state index < -0.39 is 6.61 Å². The minimum Gasteiger partial charge on any atom is -0.435 e. The van der Waals surface area contributed by atoms with E-state index in [1.165, 1.54) is 31.4 Å². The lowest BCUT2D eigenvalue weighted by molar-refractivity contribution is -0.0498. The number of ether oxygens (including phenoxy) is 1. The number of aryl methyl sites for hydroxylation is 1. The molecule has 2 aromatic heterocycles. The summed E-state index contributed by atoms with van der Waals surface area (Å²) in [5, 5.41) is 12.0. The highest BCUT2D eigenvalue weighted by atomic mass is 19.3. The van der Waals surface area contributed by atoms with Crippen molar-refractivity contribution in [1.29, 1.82) is 0 Å². The molecule has 9 heteroatoms. The van der Waals surface area contributed by atoms with Crippen molar-refractivity contribution in [1.82, 2.24) is 20.1 Å². The number of rotatable bonds is 9. The van der Waals surface area contributed by atoms with Crippen LogP contribution in [0.3, 0.4) is 0 Å². The number of amides is 1. The molecule has 1 saturated carbocycles. The van der Waals surface area contributed by atoms with Gasteiger partial charge in [-0.3, -0.25) is 4.79 Å². The summed E-state index contributed by atoms with van der Waals surface area (Å²) in [5.41, 5.74) is 2.81. The molecule has 1 unspecified atom stereocenters. The van der Waals surface area contributed by atoms with Gasteiger partial charge in [0.15, 0.2) is 5.65 Å². The van der Waals surface area contributed by atoms with Gasteiger partial charge in [-0.2, -0.15) is 13.9 Å². The lowest BCUT2D eigenvalue weighted by atomic mass is 9.95. The highest BCUT2D eigenvalue weighted by Crippen LogP contribution is 2.31. The molecule has 0 radical (unpaired) electrons. The Hall–Kier alpha value is -3.23. The summed E-state index contributed by atoms with van der Waals surface area (Å²) in [4.78, 5) is 18.0. The smallest absolute Gasteiger partial charge is 0.387 e. The topological polar surface area (TPSA) is 81.1 Å². The number of fused-ring (bicyclic) bond motifs is 1. The maximum atomic E-state index is 13.4. The number of carbonyl (C=O) groups excluding carboxylic acids is 1. The van der Waals surface area contributed by atoms with E-state index in [0.717, 1.165) is 35.1 Å². The van der Waals surface area contributed by atoms with Crippen LogP contribution in [0.1, 0.15) is 74.3 Å². The molecule has 1 aromatic carbocycles. The zero-order chi connectivity index (χ0) is 24.1. The number of hydrogen-bond donors (Lipinski definition) is 2. The minimum absolute atomic E-state index is 0.0847. The van der Waals surface area contributed by atoms with Gasteiger partial charge in [0.05, 0.1) is 28.9 Å².